The Kier molecular flexibility index (Phi) is 5.48. The highest BCUT2D eigenvalue weighted by Gasteiger charge is 2.07. The van der Waals surface area contributed by atoms with E-state index < -0.39 is 22.9 Å². The van der Waals surface area contributed by atoms with Crippen molar-refractivity contribution in [2.45, 2.75) is 0 Å². The third-order valence-corrected chi connectivity index (χ3v) is 2.34. The molecule has 2 rings (SSSR count). The molecule has 0 radical (unpaired) electrons. The molecule has 110 valence electrons. The van der Waals surface area contributed by atoms with Crippen LogP contribution >= 0.6 is 15.9 Å². The van der Waals surface area contributed by atoms with Gasteiger partial charge >= 0.3 is 0 Å². The highest BCUT2D eigenvalue weighted by atomic mass is 79.9. The third-order valence-electron chi connectivity index (χ3n) is 1.93. The Bertz CT molecular complexity index is 783. The Morgan fingerprint density at radius 1 is 1.05 bits per heavy atom. The second-order valence-electron chi connectivity index (χ2n) is 3.40. The molecule has 0 aromatic carbocycles. The summed E-state index contributed by atoms with van der Waals surface area (Å²) >= 11 is 2.98. The van der Waals surface area contributed by atoms with Gasteiger partial charge in [-0.3, -0.25) is 19.2 Å². The van der Waals surface area contributed by atoms with Crippen molar-refractivity contribution in [2.75, 3.05) is 0 Å². The van der Waals surface area contributed by atoms with E-state index in [0.29, 0.717) is 4.60 Å². The van der Waals surface area contributed by atoms with E-state index >= 15 is 0 Å². The average Bonchev–Trinajstić information content (AvgIpc) is 2.42. The van der Waals surface area contributed by atoms with Crippen LogP contribution in [0, 0.1) is 0 Å². The van der Waals surface area contributed by atoms with Crippen LogP contribution in [-0.2, 0) is 0 Å². The molecular weight excluding hydrogens is 348 g/mol. The minimum absolute atomic E-state index is 0.262. The van der Waals surface area contributed by atoms with Gasteiger partial charge in [-0.25, -0.2) is 9.97 Å². The molecule has 2 aromatic rings. The van der Waals surface area contributed by atoms with Gasteiger partial charge in [-0.15, -0.1) is 0 Å². The number of halogens is 1. The van der Waals surface area contributed by atoms with Crippen LogP contribution in [0.3, 0.4) is 0 Å². The van der Waals surface area contributed by atoms with Gasteiger partial charge < -0.3 is 21.4 Å². The van der Waals surface area contributed by atoms with E-state index in [2.05, 4.69) is 35.9 Å². The number of hydrogen-bond donors (Lipinski definition) is 4. The summed E-state index contributed by atoms with van der Waals surface area (Å²) in [6, 6.07) is 0. The first-order valence-electron chi connectivity index (χ1n) is 5.21. The van der Waals surface area contributed by atoms with Crippen molar-refractivity contribution in [3.63, 3.8) is 0 Å². The third kappa shape index (κ3) is 4.65. The SMILES string of the molecule is NC(=O)c1nc(Br)c[nH]c1=O.NC(=O)c1ncc[nH]c1=O. The molecule has 0 atom stereocenters. The van der Waals surface area contributed by atoms with Crippen molar-refractivity contribution in [2.24, 2.45) is 11.5 Å². The van der Waals surface area contributed by atoms with Crippen LogP contribution < -0.4 is 22.6 Å². The van der Waals surface area contributed by atoms with Gasteiger partial charge in [0.25, 0.3) is 22.9 Å². The fourth-order valence-electron chi connectivity index (χ4n) is 1.08. The van der Waals surface area contributed by atoms with E-state index in [1.54, 1.807) is 0 Å². The van der Waals surface area contributed by atoms with Gasteiger partial charge in [0.15, 0.2) is 11.4 Å². The molecule has 0 saturated carbocycles. The van der Waals surface area contributed by atoms with Crippen LogP contribution in [0.1, 0.15) is 21.0 Å². The first-order chi connectivity index (χ1) is 9.82. The zero-order chi connectivity index (χ0) is 16.0. The zero-order valence-corrected chi connectivity index (χ0v) is 11.9. The van der Waals surface area contributed by atoms with Gasteiger partial charge in [0.2, 0.25) is 0 Å². The van der Waals surface area contributed by atoms with E-state index in [4.69, 9.17) is 11.5 Å². The second-order valence-corrected chi connectivity index (χ2v) is 4.21. The minimum Gasteiger partial charge on any atom is -0.364 e. The van der Waals surface area contributed by atoms with Crippen molar-refractivity contribution >= 4 is 27.7 Å². The summed E-state index contributed by atoms with van der Waals surface area (Å²) in [5.41, 5.74) is 7.94. The number of primary amides is 2. The van der Waals surface area contributed by atoms with E-state index in [1.807, 2.05) is 0 Å². The molecule has 0 aliphatic heterocycles. The number of carbonyl (C=O) groups is 2. The van der Waals surface area contributed by atoms with Crippen molar-refractivity contribution in [1.82, 2.24) is 19.9 Å². The summed E-state index contributed by atoms with van der Waals surface area (Å²) < 4.78 is 0.367. The molecule has 2 aromatic heterocycles. The number of aromatic nitrogens is 4. The fraction of sp³-hybridized carbons (Fsp3) is 0. The normalized spacial score (nSPS) is 9.38. The Balaban J connectivity index is 0.000000211. The quantitative estimate of drug-likeness (QED) is 0.508. The van der Waals surface area contributed by atoms with Gasteiger partial charge in [0, 0.05) is 18.6 Å². The molecule has 0 aliphatic carbocycles. The molecule has 0 fully saturated rings. The van der Waals surface area contributed by atoms with E-state index in [9.17, 15) is 19.2 Å². The lowest BCUT2D eigenvalue weighted by molar-refractivity contribution is 0.0985. The van der Waals surface area contributed by atoms with E-state index in [-0.39, 0.29) is 11.4 Å². The second kappa shape index (κ2) is 7.09. The smallest absolute Gasteiger partial charge is 0.279 e. The van der Waals surface area contributed by atoms with Crippen molar-refractivity contribution in [3.8, 4) is 0 Å². The maximum absolute atomic E-state index is 10.8. The molecular formula is C10H9BrN6O4. The lowest BCUT2D eigenvalue weighted by Gasteiger charge is -1.92. The molecule has 0 spiro atoms. The van der Waals surface area contributed by atoms with Crippen LogP contribution in [0.15, 0.2) is 32.8 Å². The van der Waals surface area contributed by atoms with Gasteiger partial charge in [-0.05, 0) is 15.9 Å². The predicted molar refractivity (Wildman–Crippen MR) is 74.5 cm³/mol. The molecule has 6 N–H and O–H groups in total. The van der Waals surface area contributed by atoms with E-state index in [0.717, 1.165) is 0 Å². The zero-order valence-electron chi connectivity index (χ0n) is 10.3. The molecule has 2 heterocycles. The molecule has 11 heteroatoms. The Morgan fingerprint density at radius 2 is 1.62 bits per heavy atom. The standard InChI is InChI=1S/C5H4BrN3O2.C5H5N3O2/c6-2-1-8-5(11)3(9-2)4(7)10;6-4(9)3-5(10)8-2-1-7-3/h1H,(H2,7,10)(H,8,11);1-2H,(H2,6,9)(H,8,10). The number of H-pyrrole nitrogens is 2. The summed E-state index contributed by atoms with van der Waals surface area (Å²) in [7, 11) is 0. The molecule has 0 aliphatic rings. The van der Waals surface area contributed by atoms with Crippen LogP contribution in [0.4, 0.5) is 0 Å². The number of nitrogens with zero attached hydrogens (tertiary/aromatic N) is 2. The number of amides is 2. The minimum atomic E-state index is -0.840. The van der Waals surface area contributed by atoms with Crippen molar-refractivity contribution in [1.29, 1.82) is 0 Å². The van der Waals surface area contributed by atoms with Crippen LogP contribution in [0.2, 0.25) is 0 Å². The Labute approximate surface area is 124 Å². The van der Waals surface area contributed by atoms with Gasteiger partial charge in [0.1, 0.15) is 4.60 Å². The number of aromatic amines is 2. The fourth-order valence-corrected chi connectivity index (χ4v) is 1.37. The highest BCUT2D eigenvalue weighted by molar-refractivity contribution is 9.10. The first kappa shape index (κ1) is 16.2. The van der Waals surface area contributed by atoms with Gasteiger partial charge in [0.05, 0.1) is 0 Å². The molecule has 0 saturated heterocycles. The lowest BCUT2D eigenvalue weighted by Crippen LogP contribution is -2.25. The van der Waals surface area contributed by atoms with Gasteiger partial charge in [-0.2, -0.15) is 0 Å². The van der Waals surface area contributed by atoms with E-state index in [1.165, 1.54) is 18.6 Å². The summed E-state index contributed by atoms with van der Waals surface area (Å²) in [5.74, 6) is -1.66. The molecule has 0 unspecified atom stereocenters. The number of hydrogen-bond acceptors (Lipinski definition) is 6. The maximum Gasteiger partial charge on any atom is 0.279 e. The maximum atomic E-state index is 10.8. The topological polar surface area (TPSA) is 178 Å². The number of carbonyl (C=O) groups excluding carboxylic acids is 2. The molecule has 10 nitrogen and oxygen atoms in total. The Hall–Kier alpha value is -2.82. The lowest BCUT2D eigenvalue weighted by atomic mass is 10.4. The Morgan fingerprint density at radius 3 is 2.05 bits per heavy atom. The molecule has 0 bridgehead atoms. The van der Waals surface area contributed by atoms with Crippen LogP contribution in [0.25, 0.3) is 0 Å². The number of nitrogens with one attached hydrogen (secondary N) is 2. The number of nitrogens with two attached hydrogens (primary N) is 2. The molecule has 21 heavy (non-hydrogen) atoms. The monoisotopic (exact) mass is 356 g/mol. The van der Waals surface area contributed by atoms with Gasteiger partial charge in [-0.1, -0.05) is 0 Å². The van der Waals surface area contributed by atoms with Crippen LogP contribution in [0.5, 0.6) is 0 Å². The molecule has 2 amide bonds. The number of rotatable bonds is 2. The van der Waals surface area contributed by atoms with Crippen molar-refractivity contribution < 1.29 is 9.59 Å². The summed E-state index contributed by atoms with van der Waals surface area (Å²) in [6.07, 6.45) is 3.95. The predicted octanol–water partition coefficient (Wildman–Crippen LogP) is -1.50. The summed E-state index contributed by atoms with van der Waals surface area (Å²) in [4.78, 5) is 53.8. The summed E-state index contributed by atoms with van der Waals surface area (Å²) in [5, 5.41) is 0. The van der Waals surface area contributed by atoms with Crippen molar-refractivity contribution in [3.05, 3.63) is 55.3 Å². The average molecular weight is 357 g/mol. The van der Waals surface area contributed by atoms with Crippen LogP contribution in [-0.4, -0.2) is 31.8 Å². The largest absolute Gasteiger partial charge is 0.364 e. The summed E-state index contributed by atoms with van der Waals surface area (Å²) in [6.45, 7) is 0. The first-order valence-corrected chi connectivity index (χ1v) is 6.00. The highest BCUT2D eigenvalue weighted by Crippen LogP contribution is 1.99.